The number of hydrogen-bond acceptors (Lipinski definition) is 9. The second kappa shape index (κ2) is 12.1. The van der Waals surface area contributed by atoms with E-state index in [1.54, 1.807) is 32.9 Å². The van der Waals surface area contributed by atoms with E-state index in [9.17, 15) is 14.4 Å². The van der Waals surface area contributed by atoms with E-state index in [1.165, 1.54) is 25.0 Å². The molecule has 5 rings (SSSR count). The molecule has 44 heavy (non-hydrogen) atoms. The van der Waals surface area contributed by atoms with Crippen LogP contribution >= 0.6 is 0 Å². The van der Waals surface area contributed by atoms with Crippen molar-refractivity contribution in [2.75, 3.05) is 26.9 Å². The highest BCUT2D eigenvalue weighted by Gasteiger charge is 2.51. The molecule has 1 saturated heterocycles. The number of amides is 2. The lowest BCUT2D eigenvalue weighted by Crippen LogP contribution is -2.57. The number of rotatable bonds is 3. The number of alkyl halides is 2. The monoisotopic (exact) mass is 618 g/mol. The molecule has 2 bridgehead atoms. The number of nitrogens with one attached hydrogen (secondary N) is 1. The maximum Gasteiger partial charge on any atom is 0.408 e. The Balaban J connectivity index is 1.59. The number of benzene rings is 1. The van der Waals surface area contributed by atoms with Crippen LogP contribution in [-0.2, 0) is 25.0 Å². The first-order chi connectivity index (χ1) is 20.7. The van der Waals surface area contributed by atoms with Gasteiger partial charge < -0.3 is 29.2 Å². The SMILES string of the molecule is CC[C@@H]1[C@@H]2CN(C(=O)[C@H](C(C)(C)C)NC(=O)O[C@@H]3C[C@H]3CCOCC(F)(F)c3nc4ccc(OC)cc4nc3O2)[C@@H]1C(C)=O. The maximum atomic E-state index is 15.8. The van der Waals surface area contributed by atoms with E-state index in [1.807, 2.05) is 6.92 Å². The quantitative estimate of drug-likeness (QED) is 0.537. The lowest BCUT2D eigenvalue weighted by molar-refractivity contribution is -0.141. The van der Waals surface area contributed by atoms with Crippen molar-refractivity contribution in [3.8, 4) is 11.6 Å². The largest absolute Gasteiger partial charge is 0.497 e. The predicted molar refractivity (Wildman–Crippen MR) is 155 cm³/mol. The number of halogens is 2. The number of carbonyl (C=O) groups excluding carboxylic acids is 3. The first-order valence-corrected chi connectivity index (χ1v) is 15.0. The minimum atomic E-state index is -3.58. The second-order valence-electron chi connectivity index (χ2n) is 12.9. The molecule has 1 aromatic heterocycles. The Kier molecular flexibility index (Phi) is 8.71. The topological polar surface area (TPSA) is 129 Å². The lowest BCUT2D eigenvalue weighted by atomic mass is 9.85. The fourth-order valence-electron chi connectivity index (χ4n) is 6.12. The highest BCUT2D eigenvalue weighted by molar-refractivity contribution is 5.92. The summed E-state index contributed by atoms with van der Waals surface area (Å²) in [5.74, 6) is -4.88. The molecule has 240 valence electrons. The number of ketones is 1. The molecule has 2 aromatic rings. The molecular formula is C31H40F2N4O7. The van der Waals surface area contributed by atoms with Gasteiger partial charge in [-0.2, -0.15) is 8.78 Å². The van der Waals surface area contributed by atoms with Crippen molar-refractivity contribution in [3.63, 3.8) is 0 Å². The Morgan fingerprint density at radius 1 is 1.16 bits per heavy atom. The van der Waals surface area contributed by atoms with Crippen LogP contribution in [0.1, 0.15) is 59.6 Å². The van der Waals surface area contributed by atoms with Gasteiger partial charge in [-0.1, -0.05) is 27.7 Å². The van der Waals surface area contributed by atoms with Crippen LogP contribution in [0.5, 0.6) is 11.6 Å². The van der Waals surface area contributed by atoms with Crippen molar-refractivity contribution < 1.29 is 42.1 Å². The molecule has 2 aliphatic heterocycles. The van der Waals surface area contributed by atoms with Crippen molar-refractivity contribution >= 4 is 28.8 Å². The van der Waals surface area contributed by atoms with Crippen LogP contribution in [0, 0.1) is 17.3 Å². The predicted octanol–water partition coefficient (Wildman–Crippen LogP) is 4.25. The number of Topliss-reactive ketones (excluding diaryl/α,β-unsaturated/α-hetero) is 1. The fourth-order valence-corrected chi connectivity index (χ4v) is 6.12. The van der Waals surface area contributed by atoms with E-state index >= 15 is 8.78 Å². The molecule has 3 heterocycles. The maximum absolute atomic E-state index is 15.8. The van der Waals surface area contributed by atoms with Crippen molar-refractivity contribution in [2.45, 2.75) is 84.1 Å². The summed E-state index contributed by atoms with van der Waals surface area (Å²) in [5, 5.41) is 2.73. The molecule has 1 aliphatic carbocycles. The summed E-state index contributed by atoms with van der Waals surface area (Å²) in [6, 6.07) is 2.77. The summed E-state index contributed by atoms with van der Waals surface area (Å²) >= 11 is 0. The van der Waals surface area contributed by atoms with E-state index in [4.69, 9.17) is 18.9 Å². The fraction of sp³-hybridized carbons (Fsp3) is 0.645. The highest BCUT2D eigenvalue weighted by Crippen LogP contribution is 2.40. The highest BCUT2D eigenvalue weighted by atomic mass is 19.3. The molecular weight excluding hydrogens is 578 g/mol. The molecule has 0 spiro atoms. The van der Waals surface area contributed by atoms with Gasteiger partial charge in [0.05, 0.1) is 30.7 Å². The number of alkyl carbamates (subject to hydrolysis) is 1. The van der Waals surface area contributed by atoms with Gasteiger partial charge in [0.2, 0.25) is 11.8 Å². The van der Waals surface area contributed by atoms with Crippen LogP contribution in [0.15, 0.2) is 18.2 Å². The number of carbonyl (C=O) groups is 3. The third-order valence-electron chi connectivity index (χ3n) is 8.62. The minimum absolute atomic E-state index is 0.0228. The Morgan fingerprint density at radius 2 is 1.91 bits per heavy atom. The minimum Gasteiger partial charge on any atom is -0.497 e. The van der Waals surface area contributed by atoms with E-state index in [0.29, 0.717) is 25.0 Å². The average Bonchev–Trinajstić information content (AvgIpc) is 3.58. The zero-order chi connectivity index (χ0) is 32.0. The summed E-state index contributed by atoms with van der Waals surface area (Å²) in [4.78, 5) is 50.1. The van der Waals surface area contributed by atoms with Crippen LogP contribution in [0.25, 0.3) is 11.0 Å². The van der Waals surface area contributed by atoms with E-state index in [2.05, 4.69) is 15.3 Å². The standard InChI is InChI=1S/C31H40F2N4O7/c1-7-19-23-14-37(24(19)16(2)38)28(39)26(30(3,4)5)36-29(40)44-22-12-17(22)10-11-42-15-31(32,33)25-27(43-23)35-21-13-18(41-6)8-9-20(21)34-25/h8-9,13,17,19,22-24,26H,7,10-12,14-15H2,1-6H3,(H,36,40)/t17-,19-,22-,23+,24-,26-/m1/s1. The first kappa shape index (κ1) is 31.8. The molecule has 2 fully saturated rings. The Morgan fingerprint density at radius 3 is 2.57 bits per heavy atom. The molecule has 1 saturated carbocycles. The van der Waals surface area contributed by atoms with Crippen molar-refractivity contribution in [2.24, 2.45) is 17.3 Å². The van der Waals surface area contributed by atoms with Crippen LogP contribution in [0.3, 0.4) is 0 Å². The molecule has 1 N–H and O–H groups in total. The molecule has 3 aliphatic rings. The van der Waals surface area contributed by atoms with Crippen LogP contribution < -0.4 is 14.8 Å². The summed E-state index contributed by atoms with van der Waals surface area (Å²) in [5.41, 5.74) is -0.941. The smallest absolute Gasteiger partial charge is 0.408 e. The van der Waals surface area contributed by atoms with E-state index < -0.39 is 71.7 Å². The second-order valence-corrected chi connectivity index (χ2v) is 12.9. The van der Waals surface area contributed by atoms with E-state index in [0.717, 1.165) is 0 Å². The molecule has 6 atom stereocenters. The number of ether oxygens (including phenoxy) is 4. The normalized spacial score (nSPS) is 29.3. The molecule has 11 nitrogen and oxygen atoms in total. The van der Waals surface area contributed by atoms with Crippen LogP contribution in [0.4, 0.5) is 13.6 Å². The van der Waals surface area contributed by atoms with E-state index in [-0.39, 0.29) is 35.9 Å². The first-order valence-electron chi connectivity index (χ1n) is 15.0. The van der Waals surface area contributed by atoms with Gasteiger partial charge in [-0.25, -0.2) is 14.8 Å². The van der Waals surface area contributed by atoms with Gasteiger partial charge in [0.15, 0.2) is 11.5 Å². The molecule has 2 amide bonds. The number of methoxy groups -OCH3 is 1. The summed E-state index contributed by atoms with van der Waals surface area (Å²) in [7, 11) is 1.48. The summed E-state index contributed by atoms with van der Waals surface area (Å²) < 4.78 is 54.1. The number of hydrogen-bond donors (Lipinski definition) is 1. The van der Waals surface area contributed by atoms with Crippen molar-refractivity contribution in [1.29, 1.82) is 0 Å². The zero-order valence-electron chi connectivity index (χ0n) is 25.9. The molecule has 13 heteroatoms. The van der Waals surface area contributed by atoms with Gasteiger partial charge in [-0.05, 0) is 43.7 Å². The van der Waals surface area contributed by atoms with Crippen LogP contribution in [0.2, 0.25) is 0 Å². The number of nitrogens with zero attached hydrogens (tertiary/aromatic N) is 3. The molecule has 0 radical (unpaired) electrons. The average molecular weight is 619 g/mol. The summed E-state index contributed by atoms with van der Waals surface area (Å²) in [6.07, 6.45) is -0.633. The Labute approximate surface area is 255 Å². The van der Waals surface area contributed by atoms with Crippen LogP contribution in [-0.4, -0.2) is 83.8 Å². The van der Waals surface area contributed by atoms with Gasteiger partial charge in [0.25, 0.3) is 0 Å². The molecule has 1 aromatic carbocycles. The van der Waals surface area contributed by atoms with Gasteiger partial charge in [-0.3, -0.25) is 9.59 Å². The zero-order valence-corrected chi connectivity index (χ0v) is 25.9. The van der Waals surface area contributed by atoms with Crippen molar-refractivity contribution in [1.82, 2.24) is 20.2 Å². The van der Waals surface area contributed by atoms with Gasteiger partial charge in [0.1, 0.15) is 30.6 Å². The Hall–Kier alpha value is -3.61. The number of aromatic nitrogens is 2. The van der Waals surface area contributed by atoms with Gasteiger partial charge in [-0.15, -0.1) is 0 Å². The number of fused-ring (bicyclic) bond motifs is 5. The van der Waals surface area contributed by atoms with Gasteiger partial charge in [0, 0.05) is 24.5 Å². The summed E-state index contributed by atoms with van der Waals surface area (Å²) in [6.45, 7) is 7.59. The van der Waals surface area contributed by atoms with Gasteiger partial charge >= 0.3 is 12.0 Å². The Bertz CT molecular complexity index is 1430. The lowest BCUT2D eigenvalue weighted by Gasteiger charge is -2.35. The third kappa shape index (κ3) is 6.43. The molecule has 0 unspecified atom stereocenters. The van der Waals surface area contributed by atoms with Crippen molar-refractivity contribution in [3.05, 3.63) is 23.9 Å². The third-order valence-corrected chi connectivity index (χ3v) is 8.62.